The Morgan fingerprint density at radius 2 is 2.13 bits per heavy atom. The molecule has 158 valence electrons. The van der Waals surface area contributed by atoms with Gasteiger partial charge in [-0.2, -0.15) is 0 Å². The highest BCUT2D eigenvalue weighted by molar-refractivity contribution is 6.37. The van der Waals surface area contributed by atoms with E-state index in [4.69, 9.17) is 21.2 Å². The third kappa shape index (κ3) is 3.39. The number of aryl methyl sites for hydroxylation is 1. The number of fused-ring (bicyclic) bond motifs is 3. The molecule has 2 N–H and O–H groups in total. The number of hydrogen-bond acceptors (Lipinski definition) is 5. The van der Waals surface area contributed by atoms with Crippen LogP contribution < -0.4 is 10.9 Å². The molecule has 2 unspecified atom stereocenters. The number of benzene rings is 1. The van der Waals surface area contributed by atoms with Crippen LogP contribution in [0, 0.1) is 6.92 Å². The van der Waals surface area contributed by atoms with Gasteiger partial charge in [-0.05, 0) is 38.3 Å². The Labute approximate surface area is 176 Å². The van der Waals surface area contributed by atoms with Crippen molar-refractivity contribution in [3.05, 3.63) is 39.3 Å². The molecule has 1 saturated carbocycles. The van der Waals surface area contributed by atoms with Gasteiger partial charge in [0, 0.05) is 24.5 Å². The highest BCUT2D eigenvalue weighted by atomic mass is 35.5. The molecule has 1 aliphatic carbocycles. The normalized spacial score (nSPS) is 18.8. The van der Waals surface area contributed by atoms with Gasteiger partial charge >= 0.3 is 6.09 Å². The molecule has 30 heavy (non-hydrogen) atoms. The Morgan fingerprint density at radius 3 is 2.87 bits per heavy atom. The summed E-state index contributed by atoms with van der Waals surface area (Å²) in [7, 11) is 1.34. The first kappa shape index (κ1) is 20.2. The van der Waals surface area contributed by atoms with Crippen LogP contribution in [0.2, 0.25) is 5.02 Å². The summed E-state index contributed by atoms with van der Waals surface area (Å²) in [6.07, 6.45) is 0.765. The standard InChI is InChI=1S/C20H21ClN4O5/c1-10-16-18(23-30-10)17-13(21)4-3-5-14(17)25(19(16)27)12-7-6-11(8-12)22-15(26)9-24(2)20(28)29/h3-5,11-12H,6-9H2,1-2H3,(H,22,26)(H,28,29). The number of carbonyl (C=O) groups excluding carboxylic acids is 1. The van der Waals surface area contributed by atoms with E-state index < -0.39 is 6.09 Å². The predicted octanol–water partition coefficient (Wildman–Crippen LogP) is 2.92. The molecule has 1 aliphatic rings. The number of carboxylic acid groups (broad SMARTS) is 1. The molecule has 9 nitrogen and oxygen atoms in total. The van der Waals surface area contributed by atoms with Crippen LogP contribution in [0.3, 0.4) is 0 Å². The van der Waals surface area contributed by atoms with Crippen molar-refractivity contribution >= 4 is 45.4 Å². The summed E-state index contributed by atoms with van der Waals surface area (Å²) in [6.45, 7) is 1.46. The topological polar surface area (TPSA) is 118 Å². The highest BCUT2D eigenvalue weighted by Gasteiger charge is 2.31. The van der Waals surface area contributed by atoms with Gasteiger partial charge < -0.3 is 24.4 Å². The van der Waals surface area contributed by atoms with E-state index in [9.17, 15) is 14.4 Å². The van der Waals surface area contributed by atoms with Crippen molar-refractivity contribution in [3.8, 4) is 0 Å². The number of aromatic nitrogens is 2. The number of rotatable bonds is 4. The Kier molecular flexibility index (Phi) is 5.15. The van der Waals surface area contributed by atoms with E-state index >= 15 is 0 Å². The molecule has 0 bridgehead atoms. The van der Waals surface area contributed by atoms with Crippen LogP contribution in [-0.2, 0) is 4.79 Å². The van der Waals surface area contributed by atoms with E-state index in [-0.39, 0.29) is 30.1 Å². The van der Waals surface area contributed by atoms with Gasteiger partial charge in [-0.15, -0.1) is 0 Å². The zero-order valence-electron chi connectivity index (χ0n) is 16.5. The smallest absolute Gasteiger partial charge is 0.407 e. The van der Waals surface area contributed by atoms with Gasteiger partial charge in [-0.1, -0.05) is 22.8 Å². The second kappa shape index (κ2) is 7.64. The minimum atomic E-state index is -1.17. The number of halogens is 1. The molecule has 2 heterocycles. The van der Waals surface area contributed by atoms with Crippen LogP contribution in [-0.4, -0.2) is 51.4 Å². The first-order chi connectivity index (χ1) is 14.3. The van der Waals surface area contributed by atoms with Crippen molar-refractivity contribution in [1.82, 2.24) is 19.9 Å². The monoisotopic (exact) mass is 432 g/mol. The summed E-state index contributed by atoms with van der Waals surface area (Å²) in [5.41, 5.74) is 0.936. The third-order valence-corrected chi connectivity index (χ3v) is 5.94. The lowest BCUT2D eigenvalue weighted by Crippen LogP contribution is -2.41. The van der Waals surface area contributed by atoms with E-state index in [0.717, 1.165) is 4.90 Å². The lowest BCUT2D eigenvalue weighted by molar-refractivity contribution is -0.122. The van der Waals surface area contributed by atoms with Gasteiger partial charge in [0.1, 0.15) is 23.2 Å². The summed E-state index contributed by atoms with van der Waals surface area (Å²) in [5.74, 6) is 0.0706. The van der Waals surface area contributed by atoms with E-state index in [1.807, 2.05) is 6.07 Å². The maximum Gasteiger partial charge on any atom is 0.407 e. The van der Waals surface area contributed by atoms with Gasteiger partial charge in [0.15, 0.2) is 0 Å². The second-order valence-electron chi connectivity index (χ2n) is 7.64. The van der Waals surface area contributed by atoms with Gasteiger partial charge in [-0.25, -0.2) is 4.79 Å². The fourth-order valence-electron chi connectivity index (χ4n) is 4.21. The average Bonchev–Trinajstić information content (AvgIpc) is 3.28. The number of amides is 2. The number of nitrogens with zero attached hydrogens (tertiary/aromatic N) is 3. The van der Waals surface area contributed by atoms with Crippen molar-refractivity contribution in [2.24, 2.45) is 0 Å². The van der Waals surface area contributed by atoms with E-state index in [1.165, 1.54) is 7.05 Å². The fourth-order valence-corrected chi connectivity index (χ4v) is 4.47. The molecule has 1 fully saturated rings. The van der Waals surface area contributed by atoms with Crippen molar-refractivity contribution in [2.45, 2.75) is 38.3 Å². The van der Waals surface area contributed by atoms with Crippen LogP contribution in [0.1, 0.15) is 31.1 Å². The zero-order valence-corrected chi connectivity index (χ0v) is 17.3. The number of carbonyl (C=O) groups is 2. The maximum atomic E-state index is 13.3. The molecule has 3 aromatic rings. The molecule has 0 spiro atoms. The van der Waals surface area contributed by atoms with Gasteiger partial charge in [0.05, 0.1) is 10.5 Å². The van der Waals surface area contributed by atoms with Crippen LogP contribution in [0.15, 0.2) is 27.5 Å². The van der Waals surface area contributed by atoms with E-state index in [2.05, 4.69) is 10.5 Å². The molecule has 0 radical (unpaired) electrons. The second-order valence-corrected chi connectivity index (χ2v) is 8.05. The largest absolute Gasteiger partial charge is 0.465 e. The van der Waals surface area contributed by atoms with Gasteiger partial charge in [0.2, 0.25) is 5.91 Å². The van der Waals surface area contributed by atoms with E-state index in [1.54, 1.807) is 23.6 Å². The van der Waals surface area contributed by atoms with Crippen molar-refractivity contribution in [2.75, 3.05) is 13.6 Å². The summed E-state index contributed by atoms with van der Waals surface area (Å²) >= 11 is 6.44. The van der Waals surface area contributed by atoms with Crippen molar-refractivity contribution in [1.29, 1.82) is 0 Å². The molecular weight excluding hydrogens is 412 g/mol. The number of nitrogens with one attached hydrogen (secondary N) is 1. The number of pyridine rings is 1. The highest BCUT2D eigenvalue weighted by Crippen LogP contribution is 2.36. The summed E-state index contributed by atoms with van der Waals surface area (Å²) in [4.78, 5) is 37.3. The first-order valence-electron chi connectivity index (χ1n) is 9.60. The molecule has 2 atom stereocenters. The molecule has 2 amide bonds. The quantitative estimate of drug-likeness (QED) is 0.654. The van der Waals surface area contributed by atoms with Crippen LogP contribution >= 0.6 is 11.6 Å². The van der Waals surface area contributed by atoms with Crippen LogP contribution in [0.5, 0.6) is 0 Å². The van der Waals surface area contributed by atoms with Crippen LogP contribution in [0.4, 0.5) is 4.79 Å². The lowest BCUT2D eigenvalue weighted by Gasteiger charge is -2.19. The number of likely N-dealkylation sites (N-methyl/N-ethyl adjacent to an activating group) is 1. The lowest BCUT2D eigenvalue weighted by atomic mass is 10.1. The maximum absolute atomic E-state index is 13.3. The first-order valence-corrected chi connectivity index (χ1v) is 9.97. The Morgan fingerprint density at radius 1 is 1.37 bits per heavy atom. The molecule has 1 aromatic carbocycles. The molecule has 10 heteroatoms. The molecular formula is C20H21ClN4O5. The summed E-state index contributed by atoms with van der Waals surface area (Å²) in [5, 5.41) is 17.4. The van der Waals surface area contributed by atoms with Crippen molar-refractivity contribution in [3.63, 3.8) is 0 Å². The minimum Gasteiger partial charge on any atom is -0.465 e. The van der Waals surface area contributed by atoms with Gasteiger partial charge in [0.25, 0.3) is 5.56 Å². The number of hydrogen-bond donors (Lipinski definition) is 2. The molecule has 0 saturated heterocycles. The fraction of sp³-hybridized carbons (Fsp3) is 0.400. The van der Waals surface area contributed by atoms with Crippen molar-refractivity contribution < 1.29 is 19.2 Å². The Balaban J connectivity index is 1.67. The predicted molar refractivity (Wildman–Crippen MR) is 111 cm³/mol. The average molecular weight is 433 g/mol. The molecule has 0 aliphatic heterocycles. The molecule has 2 aromatic heterocycles. The summed E-state index contributed by atoms with van der Waals surface area (Å²) < 4.78 is 7.00. The van der Waals surface area contributed by atoms with Crippen LogP contribution in [0.25, 0.3) is 21.8 Å². The zero-order chi connectivity index (χ0) is 21.6. The third-order valence-electron chi connectivity index (χ3n) is 5.63. The summed E-state index contributed by atoms with van der Waals surface area (Å²) in [6, 6.07) is 5.08. The minimum absolute atomic E-state index is 0.139. The van der Waals surface area contributed by atoms with Gasteiger partial charge in [-0.3, -0.25) is 9.59 Å². The SMILES string of the molecule is Cc1onc2c1c(=O)n(C1CCC(NC(=O)CN(C)C(=O)O)C1)c1cccc(Cl)c21. The van der Waals surface area contributed by atoms with E-state index in [0.29, 0.717) is 51.9 Å². The molecule has 4 rings (SSSR count). The Bertz CT molecular complexity index is 1220. The Hall–Kier alpha value is -3.07.